The Kier molecular flexibility index (Phi) is 3.23. The Labute approximate surface area is 103 Å². The van der Waals surface area contributed by atoms with Gasteiger partial charge in [-0.2, -0.15) is 0 Å². The van der Waals surface area contributed by atoms with Crippen molar-refractivity contribution in [2.75, 3.05) is 7.11 Å². The van der Waals surface area contributed by atoms with E-state index in [4.69, 9.17) is 4.74 Å². The third-order valence-corrected chi connectivity index (χ3v) is 3.65. The summed E-state index contributed by atoms with van der Waals surface area (Å²) in [7, 11) is 1.66. The van der Waals surface area contributed by atoms with Gasteiger partial charge in [-0.05, 0) is 36.0 Å². The van der Waals surface area contributed by atoms with Crippen molar-refractivity contribution in [2.24, 2.45) is 5.41 Å². The predicted octanol–water partition coefficient (Wildman–Crippen LogP) is 3.56. The van der Waals surface area contributed by atoms with E-state index in [1.165, 1.54) is 0 Å². The Balaban J connectivity index is 2.20. The summed E-state index contributed by atoms with van der Waals surface area (Å²) in [6.45, 7) is 4.35. The van der Waals surface area contributed by atoms with Gasteiger partial charge in [0.15, 0.2) is 0 Å². The first-order chi connectivity index (χ1) is 8.02. The van der Waals surface area contributed by atoms with E-state index < -0.39 is 0 Å². The van der Waals surface area contributed by atoms with Gasteiger partial charge in [-0.15, -0.1) is 0 Å². The first kappa shape index (κ1) is 12.2. The average molecular weight is 232 g/mol. The van der Waals surface area contributed by atoms with Crippen molar-refractivity contribution >= 4 is 5.78 Å². The lowest BCUT2D eigenvalue weighted by atomic mass is 9.70. The number of rotatable bonds is 2. The van der Waals surface area contributed by atoms with Crippen LogP contribution in [-0.2, 0) is 4.79 Å². The van der Waals surface area contributed by atoms with Gasteiger partial charge in [-0.25, -0.2) is 0 Å². The molecule has 92 valence electrons. The first-order valence-electron chi connectivity index (χ1n) is 6.18. The quantitative estimate of drug-likeness (QED) is 0.779. The van der Waals surface area contributed by atoms with E-state index in [9.17, 15) is 4.79 Å². The van der Waals surface area contributed by atoms with Crippen molar-refractivity contribution in [3.63, 3.8) is 0 Å². The number of benzene rings is 1. The van der Waals surface area contributed by atoms with Crippen molar-refractivity contribution in [3.05, 3.63) is 29.8 Å². The van der Waals surface area contributed by atoms with Crippen molar-refractivity contribution in [2.45, 2.75) is 39.0 Å². The second-order valence-electron chi connectivity index (χ2n) is 5.68. The molecule has 0 unspecified atom stereocenters. The summed E-state index contributed by atoms with van der Waals surface area (Å²) in [4.78, 5) is 12.2. The lowest BCUT2D eigenvalue weighted by Crippen LogP contribution is -2.28. The number of hydrogen-bond donors (Lipinski definition) is 0. The zero-order chi connectivity index (χ0) is 12.5. The first-order valence-corrected chi connectivity index (χ1v) is 6.18. The molecule has 17 heavy (non-hydrogen) atoms. The second kappa shape index (κ2) is 4.52. The molecule has 0 radical (unpaired) electrons. The molecule has 1 aromatic carbocycles. The van der Waals surface area contributed by atoms with Gasteiger partial charge in [0.05, 0.1) is 7.11 Å². The fourth-order valence-corrected chi connectivity index (χ4v) is 2.59. The minimum Gasteiger partial charge on any atom is -0.497 e. The highest BCUT2D eigenvalue weighted by Gasteiger charge is 2.34. The minimum atomic E-state index is 0.0677. The fourth-order valence-electron chi connectivity index (χ4n) is 2.59. The van der Waals surface area contributed by atoms with Crippen LogP contribution >= 0.6 is 0 Å². The molecule has 0 amide bonds. The molecule has 1 aliphatic carbocycles. The van der Waals surface area contributed by atoms with Gasteiger partial charge in [0.25, 0.3) is 0 Å². The van der Waals surface area contributed by atoms with E-state index >= 15 is 0 Å². The smallest absolute Gasteiger partial charge is 0.140 e. The maximum absolute atomic E-state index is 12.2. The molecule has 1 saturated carbocycles. The standard InChI is InChI=1S/C15H20O2/c1-15(2)8-7-13(14(16)10-15)11-5-4-6-12(9-11)17-3/h4-6,9,13H,7-8,10H2,1-3H3/t13-/m0/s1. The highest BCUT2D eigenvalue weighted by molar-refractivity contribution is 5.87. The molecular formula is C15H20O2. The topological polar surface area (TPSA) is 26.3 Å². The van der Waals surface area contributed by atoms with Crippen LogP contribution in [0.4, 0.5) is 0 Å². The molecule has 0 N–H and O–H groups in total. The summed E-state index contributed by atoms with van der Waals surface area (Å²) in [6.07, 6.45) is 2.76. The van der Waals surface area contributed by atoms with Gasteiger partial charge in [-0.1, -0.05) is 26.0 Å². The van der Waals surface area contributed by atoms with Crippen LogP contribution in [0, 0.1) is 5.41 Å². The van der Waals surface area contributed by atoms with Gasteiger partial charge >= 0.3 is 0 Å². The third kappa shape index (κ3) is 2.68. The zero-order valence-corrected chi connectivity index (χ0v) is 10.8. The van der Waals surface area contributed by atoms with Crippen LogP contribution in [-0.4, -0.2) is 12.9 Å². The largest absolute Gasteiger partial charge is 0.497 e. The van der Waals surface area contributed by atoms with Crippen molar-refractivity contribution in [1.29, 1.82) is 0 Å². The number of methoxy groups -OCH3 is 1. The maximum atomic E-state index is 12.2. The van der Waals surface area contributed by atoms with Crippen LogP contribution in [0.15, 0.2) is 24.3 Å². The van der Waals surface area contributed by atoms with Gasteiger partial charge in [-0.3, -0.25) is 4.79 Å². The van der Waals surface area contributed by atoms with Crippen LogP contribution in [0.25, 0.3) is 0 Å². The molecule has 0 aliphatic heterocycles. The SMILES string of the molecule is COc1cccc([C@@H]2CCC(C)(C)CC2=O)c1. The number of ketones is 1. The van der Waals surface area contributed by atoms with Crippen molar-refractivity contribution < 1.29 is 9.53 Å². The van der Waals surface area contributed by atoms with Crippen LogP contribution in [0.5, 0.6) is 5.75 Å². The Bertz CT molecular complexity index is 421. The highest BCUT2D eigenvalue weighted by Crippen LogP contribution is 2.40. The number of carbonyl (C=O) groups excluding carboxylic acids is 1. The molecule has 2 nitrogen and oxygen atoms in total. The van der Waals surface area contributed by atoms with Crippen LogP contribution in [0.3, 0.4) is 0 Å². The predicted molar refractivity (Wildman–Crippen MR) is 68.4 cm³/mol. The normalized spacial score (nSPS) is 23.5. The third-order valence-electron chi connectivity index (χ3n) is 3.65. The molecule has 1 aromatic rings. The Morgan fingerprint density at radius 2 is 2.12 bits per heavy atom. The number of carbonyl (C=O) groups is 1. The lowest BCUT2D eigenvalue weighted by molar-refractivity contribution is -0.124. The zero-order valence-electron chi connectivity index (χ0n) is 10.8. The van der Waals surface area contributed by atoms with E-state index in [1.807, 2.05) is 24.3 Å². The summed E-state index contributed by atoms with van der Waals surface area (Å²) in [6, 6.07) is 7.90. The molecule has 0 saturated heterocycles. The van der Waals surface area contributed by atoms with Crippen molar-refractivity contribution in [3.8, 4) is 5.75 Å². The second-order valence-corrected chi connectivity index (χ2v) is 5.68. The summed E-state index contributed by atoms with van der Waals surface area (Å²) < 4.78 is 5.21. The van der Waals surface area contributed by atoms with E-state index in [1.54, 1.807) is 7.11 Å². The number of ether oxygens (including phenoxy) is 1. The molecule has 0 spiro atoms. The van der Waals surface area contributed by atoms with Crippen molar-refractivity contribution in [1.82, 2.24) is 0 Å². The lowest BCUT2D eigenvalue weighted by Gasteiger charge is -2.33. The molecule has 1 atom stereocenters. The molecule has 0 bridgehead atoms. The number of Topliss-reactive ketones (excluding diaryl/α,β-unsaturated/α-hetero) is 1. The molecule has 2 rings (SSSR count). The summed E-state index contributed by atoms with van der Waals surface area (Å²) in [5, 5.41) is 0. The summed E-state index contributed by atoms with van der Waals surface area (Å²) >= 11 is 0. The molecule has 1 aliphatic rings. The molecular weight excluding hydrogens is 212 g/mol. The average Bonchev–Trinajstić information content (AvgIpc) is 2.28. The maximum Gasteiger partial charge on any atom is 0.140 e. The Morgan fingerprint density at radius 1 is 1.35 bits per heavy atom. The highest BCUT2D eigenvalue weighted by atomic mass is 16.5. The van der Waals surface area contributed by atoms with Gasteiger partial charge in [0.2, 0.25) is 0 Å². The van der Waals surface area contributed by atoms with Gasteiger partial charge in [0.1, 0.15) is 11.5 Å². The summed E-state index contributed by atoms with van der Waals surface area (Å²) in [5.74, 6) is 1.27. The molecule has 0 aromatic heterocycles. The Morgan fingerprint density at radius 3 is 2.76 bits per heavy atom. The van der Waals surface area contributed by atoms with E-state index in [0.717, 1.165) is 24.2 Å². The van der Waals surface area contributed by atoms with Crippen LogP contribution < -0.4 is 4.74 Å². The molecule has 1 fully saturated rings. The Hall–Kier alpha value is -1.31. The number of hydrogen-bond acceptors (Lipinski definition) is 2. The van der Waals surface area contributed by atoms with Crippen LogP contribution in [0.1, 0.15) is 44.6 Å². The van der Waals surface area contributed by atoms with E-state index in [-0.39, 0.29) is 11.3 Å². The van der Waals surface area contributed by atoms with Gasteiger partial charge < -0.3 is 4.74 Å². The minimum absolute atomic E-state index is 0.0677. The van der Waals surface area contributed by atoms with E-state index in [0.29, 0.717) is 12.2 Å². The van der Waals surface area contributed by atoms with Gasteiger partial charge in [0, 0.05) is 12.3 Å². The summed E-state index contributed by atoms with van der Waals surface area (Å²) in [5.41, 5.74) is 1.27. The van der Waals surface area contributed by atoms with E-state index in [2.05, 4.69) is 13.8 Å². The molecule has 0 heterocycles. The van der Waals surface area contributed by atoms with Crippen LogP contribution in [0.2, 0.25) is 0 Å². The monoisotopic (exact) mass is 232 g/mol. The molecule has 2 heteroatoms. The fraction of sp³-hybridized carbons (Fsp3) is 0.533.